The van der Waals surface area contributed by atoms with E-state index in [1.165, 1.54) is 30.7 Å². The van der Waals surface area contributed by atoms with Crippen LogP contribution < -0.4 is 5.73 Å². The van der Waals surface area contributed by atoms with Gasteiger partial charge >= 0.3 is 0 Å². The molecule has 0 aliphatic heterocycles. The SMILES string of the molecule is CCc1cc([C@H](C)N)n(CC2CCC2)n1. The minimum atomic E-state index is 0.0953. The number of hydrogen-bond acceptors (Lipinski definition) is 2. The van der Waals surface area contributed by atoms with E-state index in [4.69, 9.17) is 5.73 Å². The fourth-order valence-corrected chi connectivity index (χ4v) is 2.09. The lowest BCUT2D eigenvalue weighted by Gasteiger charge is -2.26. The zero-order chi connectivity index (χ0) is 10.8. The summed E-state index contributed by atoms with van der Waals surface area (Å²) >= 11 is 0. The smallest absolute Gasteiger partial charge is 0.0625 e. The minimum Gasteiger partial charge on any atom is -0.323 e. The number of aryl methyl sites for hydroxylation is 1. The molecule has 0 aromatic carbocycles. The predicted octanol–water partition coefficient (Wildman–Crippen LogP) is 2.27. The highest BCUT2D eigenvalue weighted by atomic mass is 15.3. The zero-order valence-corrected chi connectivity index (χ0v) is 9.74. The maximum Gasteiger partial charge on any atom is 0.0625 e. The Morgan fingerprint density at radius 2 is 2.33 bits per heavy atom. The van der Waals surface area contributed by atoms with Crippen molar-refractivity contribution in [1.82, 2.24) is 9.78 Å². The Kier molecular flexibility index (Phi) is 3.10. The highest BCUT2D eigenvalue weighted by Crippen LogP contribution is 2.28. The Balaban J connectivity index is 2.14. The van der Waals surface area contributed by atoms with Crippen molar-refractivity contribution in [3.8, 4) is 0 Å². The Morgan fingerprint density at radius 3 is 2.80 bits per heavy atom. The summed E-state index contributed by atoms with van der Waals surface area (Å²) in [4.78, 5) is 0. The van der Waals surface area contributed by atoms with E-state index in [2.05, 4.69) is 22.8 Å². The van der Waals surface area contributed by atoms with E-state index in [1.54, 1.807) is 0 Å². The second-order valence-corrected chi connectivity index (χ2v) is 4.68. The number of aromatic nitrogens is 2. The molecule has 0 saturated heterocycles. The average Bonchev–Trinajstić information content (AvgIpc) is 2.54. The molecule has 1 atom stereocenters. The molecule has 0 radical (unpaired) electrons. The summed E-state index contributed by atoms with van der Waals surface area (Å²) in [5.74, 6) is 0.840. The van der Waals surface area contributed by atoms with Crippen LogP contribution >= 0.6 is 0 Å². The van der Waals surface area contributed by atoms with Gasteiger partial charge in [0.05, 0.1) is 11.4 Å². The van der Waals surface area contributed by atoms with E-state index in [-0.39, 0.29) is 6.04 Å². The summed E-state index contributed by atoms with van der Waals surface area (Å²) in [6.07, 6.45) is 5.11. The van der Waals surface area contributed by atoms with Gasteiger partial charge in [-0.25, -0.2) is 0 Å². The van der Waals surface area contributed by atoms with Crippen molar-refractivity contribution in [3.05, 3.63) is 17.5 Å². The van der Waals surface area contributed by atoms with Gasteiger partial charge in [0.2, 0.25) is 0 Å². The molecule has 3 heteroatoms. The molecule has 1 aliphatic carbocycles. The molecule has 84 valence electrons. The van der Waals surface area contributed by atoms with Crippen molar-refractivity contribution in [3.63, 3.8) is 0 Å². The van der Waals surface area contributed by atoms with Crippen LogP contribution in [0.1, 0.15) is 50.5 Å². The van der Waals surface area contributed by atoms with E-state index in [1.807, 2.05) is 6.92 Å². The standard InChI is InChI=1S/C12H21N3/c1-3-11-7-12(9(2)13)15(14-11)8-10-5-4-6-10/h7,9-10H,3-6,8,13H2,1-2H3/t9-/m0/s1. The molecule has 2 rings (SSSR count). The third kappa shape index (κ3) is 2.23. The van der Waals surface area contributed by atoms with E-state index < -0.39 is 0 Å². The van der Waals surface area contributed by atoms with E-state index in [9.17, 15) is 0 Å². The molecule has 2 N–H and O–H groups in total. The number of nitrogens with two attached hydrogens (primary N) is 1. The van der Waals surface area contributed by atoms with Gasteiger partial charge in [0, 0.05) is 12.6 Å². The molecule has 1 aliphatic rings. The summed E-state index contributed by atoms with van der Waals surface area (Å²) in [5, 5.41) is 4.61. The maximum absolute atomic E-state index is 5.96. The Bertz CT molecular complexity index is 324. The molecular formula is C12H21N3. The lowest BCUT2D eigenvalue weighted by Crippen LogP contribution is -2.22. The van der Waals surface area contributed by atoms with Crippen LogP contribution in [0.2, 0.25) is 0 Å². The third-order valence-electron chi connectivity index (χ3n) is 3.35. The second kappa shape index (κ2) is 4.35. The molecule has 1 aromatic rings. The normalized spacial score (nSPS) is 18.9. The Hall–Kier alpha value is -0.830. The summed E-state index contributed by atoms with van der Waals surface area (Å²) in [7, 11) is 0. The molecule has 1 saturated carbocycles. The first-order chi connectivity index (χ1) is 7.20. The number of rotatable bonds is 4. The van der Waals surface area contributed by atoms with Crippen LogP contribution in [-0.4, -0.2) is 9.78 Å². The van der Waals surface area contributed by atoms with Gasteiger partial charge in [-0.2, -0.15) is 5.10 Å². The first-order valence-corrected chi connectivity index (χ1v) is 6.03. The molecule has 0 bridgehead atoms. The molecule has 0 spiro atoms. The van der Waals surface area contributed by atoms with Crippen LogP contribution in [-0.2, 0) is 13.0 Å². The van der Waals surface area contributed by atoms with Gasteiger partial charge < -0.3 is 5.73 Å². The van der Waals surface area contributed by atoms with Crippen molar-refractivity contribution in [1.29, 1.82) is 0 Å². The fourth-order valence-electron chi connectivity index (χ4n) is 2.09. The molecule has 1 heterocycles. The zero-order valence-electron chi connectivity index (χ0n) is 9.74. The van der Waals surface area contributed by atoms with Crippen LogP contribution in [0.15, 0.2) is 6.07 Å². The highest BCUT2D eigenvalue weighted by molar-refractivity contribution is 5.13. The number of nitrogens with zero attached hydrogens (tertiary/aromatic N) is 2. The van der Waals surface area contributed by atoms with Crippen molar-refractivity contribution in [2.75, 3.05) is 0 Å². The topological polar surface area (TPSA) is 43.8 Å². The molecule has 1 fully saturated rings. The van der Waals surface area contributed by atoms with Gasteiger partial charge in [0.1, 0.15) is 0 Å². The Morgan fingerprint density at radius 1 is 1.60 bits per heavy atom. The minimum absolute atomic E-state index is 0.0953. The summed E-state index contributed by atoms with van der Waals surface area (Å²) < 4.78 is 2.13. The first-order valence-electron chi connectivity index (χ1n) is 6.03. The largest absolute Gasteiger partial charge is 0.323 e. The molecule has 3 nitrogen and oxygen atoms in total. The molecule has 15 heavy (non-hydrogen) atoms. The first kappa shape index (κ1) is 10.7. The summed E-state index contributed by atoms with van der Waals surface area (Å²) in [6.45, 7) is 5.24. The van der Waals surface area contributed by atoms with Crippen LogP contribution in [0.3, 0.4) is 0 Å². The average molecular weight is 207 g/mol. The van der Waals surface area contributed by atoms with Crippen LogP contribution in [0.5, 0.6) is 0 Å². The fraction of sp³-hybridized carbons (Fsp3) is 0.750. The van der Waals surface area contributed by atoms with E-state index in [0.29, 0.717) is 0 Å². The molecule has 0 amide bonds. The number of hydrogen-bond donors (Lipinski definition) is 1. The maximum atomic E-state index is 5.96. The van der Waals surface area contributed by atoms with Gasteiger partial charge in [-0.3, -0.25) is 4.68 Å². The van der Waals surface area contributed by atoms with Crippen LogP contribution in [0.4, 0.5) is 0 Å². The lowest BCUT2D eigenvalue weighted by molar-refractivity contribution is 0.261. The summed E-state index contributed by atoms with van der Waals surface area (Å²) in [5.41, 5.74) is 8.32. The monoisotopic (exact) mass is 207 g/mol. The van der Waals surface area contributed by atoms with Gasteiger partial charge in [-0.15, -0.1) is 0 Å². The highest BCUT2D eigenvalue weighted by Gasteiger charge is 2.20. The van der Waals surface area contributed by atoms with Gasteiger partial charge in [0.15, 0.2) is 0 Å². The van der Waals surface area contributed by atoms with Crippen molar-refractivity contribution in [2.45, 2.75) is 52.1 Å². The second-order valence-electron chi connectivity index (χ2n) is 4.68. The molecule has 1 aromatic heterocycles. The van der Waals surface area contributed by atoms with Gasteiger partial charge in [-0.1, -0.05) is 13.3 Å². The third-order valence-corrected chi connectivity index (χ3v) is 3.35. The lowest BCUT2D eigenvalue weighted by atomic mass is 9.85. The molecule has 0 unspecified atom stereocenters. The van der Waals surface area contributed by atoms with Crippen molar-refractivity contribution in [2.24, 2.45) is 11.7 Å². The van der Waals surface area contributed by atoms with Crippen molar-refractivity contribution >= 4 is 0 Å². The predicted molar refractivity (Wildman–Crippen MR) is 61.5 cm³/mol. The van der Waals surface area contributed by atoms with Crippen LogP contribution in [0.25, 0.3) is 0 Å². The van der Waals surface area contributed by atoms with E-state index >= 15 is 0 Å². The van der Waals surface area contributed by atoms with Crippen molar-refractivity contribution < 1.29 is 0 Å². The Labute approximate surface area is 91.7 Å². The molecular weight excluding hydrogens is 186 g/mol. The van der Waals surface area contributed by atoms with E-state index in [0.717, 1.165) is 18.9 Å². The summed E-state index contributed by atoms with van der Waals surface area (Å²) in [6, 6.07) is 2.25. The van der Waals surface area contributed by atoms with Gasteiger partial charge in [0.25, 0.3) is 0 Å². The quantitative estimate of drug-likeness (QED) is 0.823. The van der Waals surface area contributed by atoms with Gasteiger partial charge in [-0.05, 0) is 38.2 Å². The van der Waals surface area contributed by atoms with Crippen LogP contribution in [0, 0.1) is 5.92 Å².